The molecule has 0 aliphatic carbocycles. The summed E-state index contributed by atoms with van der Waals surface area (Å²) in [6.45, 7) is 1.64. The van der Waals surface area contributed by atoms with Crippen LogP contribution in [0, 0.1) is 0 Å². The highest BCUT2D eigenvalue weighted by atomic mass is 16.5. The maximum Gasteiger partial charge on any atom is 0.241 e. The number of aromatic amines is 1. The third-order valence-corrected chi connectivity index (χ3v) is 5.00. The molecule has 1 aromatic heterocycles. The van der Waals surface area contributed by atoms with Crippen LogP contribution in [0.2, 0.25) is 0 Å². The number of methoxy groups -OCH3 is 1. The highest BCUT2D eigenvalue weighted by molar-refractivity contribution is 5.95. The summed E-state index contributed by atoms with van der Waals surface area (Å²) >= 11 is 0. The van der Waals surface area contributed by atoms with E-state index in [2.05, 4.69) is 31.5 Å². The van der Waals surface area contributed by atoms with Gasteiger partial charge in [-0.3, -0.25) is 14.8 Å². The summed E-state index contributed by atoms with van der Waals surface area (Å²) < 4.78 is 5.30. The fraction of sp³-hybridized carbons (Fsp3) is 0.286. The molecule has 28 heavy (non-hydrogen) atoms. The van der Waals surface area contributed by atoms with Crippen molar-refractivity contribution in [1.82, 2.24) is 20.1 Å². The summed E-state index contributed by atoms with van der Waals surface area (Å²) in [6.07, 6.45) is 3.34. The molecule has 1 saturated heterocycles. The molecule has 2 heterocycles. The van der Waals surface area contributed by atoms with E-state index in [9.17, 15) is 4.79 Å². The van der Waals surface area contributed by atoms with Gasteiger partial charge in [-0.25, -0.2) is 4.98 Å². The Kier molecular flexibility index (Phi) is 5.34. The molecular formula is C21H23N5O2. The number of anilines is 1. The van der Waals surface area contributed by atoms with Crippen LogP contribution in [0.1, 0.15) is 18.4 Å². The SMILES string of the molecule is COc1cccc(CN2CCCC2C(=O)Nc2cccc(-c3ncn[nH]3)c2)c1. The molecule has 2 aromatic carbocycles. The number of nitrogens with zero attached hydrogens (tertiary/aromatic N) is 3. The molecule has 0 bridgehead atoms. The molecule has 1 unspecified atom stereocenters. The van der Waals surface area contributed by atoms with Crippen LogP contribution >= 0.6 is 0 Å². The number of hydrogen-bond acceptors (Lipinski definition) is 5. The molecule has 3 aromatic rings. The van der Waals surface area contributed by atoms with Crippen molar-refractivity contribution >= 4 is 11.6 Å². The first-order valence-corrected chi connectivity index (χ1v) is 9.36. The van der Waals surface area contributed by atoms with Crippen molar-refractivity contribution in [2.45, 2.75) is 25.4 Å². The Hall–Kier alpha value is -3.19. The van der Waals surface area contributed by atoms with E-state index in [0.29, 0.717) is 5.82 Å². The minimum absolute atomic E-state index is 0.0233. The Labute approximate surface area is 163 Å². The van der Waals surface area contributed by atoms with Crippen LogP contribution in [0.5, 0.6) is 5.75 Å². The third-order valence-electron chi connectivity index (χ3n) is 5.00. The number of nitrogens with one attached hydrogen (secondary N) is 2. The van der Waals surface area contributed by atoms with Crippen molar-refractivity contribution < 1.29 is 9.53 Å². The van der Waals surface area contributed by atoms with Gasteiger partial charge in [0, 0.05) is 17.8 Å². The number of carbonyl (C=O) groups excluding carboxylic acids is 1. The van der Waals surface area contributed by atoms with Gasteiger partial charge in [0.2, 0.25) is 5.91 Å². The first kappa shape index (κ1) is 18.2. The second-order valence-corrected chi connectivity index (χ2v) is 6.88. The highest BCUT2D eigenvalue weighted by Crippen LogP contribution is 2.24. The lowest BCUT2D eigenvalue weighted by molar-refractivity contribution is -0.120. The molecule has 0 spiro atoms. The molecule has 0 saturated carbocycles. The summed E-state index contributed by atoms with van der Waals surface area (Å²) in [6, 6.07) is 15.5. The molecule has 4 rings (SSSR count). The smallest absolute Gasteiger partial charge is 0.241 e. The van der Waals surface area contributed by atoms with Crippen LogP contribution in [0.4, 0.5) is 5.69 Å². The molecule has 7 heteroatoms. The van der Waals surface area contributed by atoms with Gasteiger partial charge in [0.25, 0.3) is 0 Å². The molecule has 2 N–H and O–H groups in total. The Morgan fingerprint density at radius 2 is 2.18 bits per heavy atom. The lowest BCUT2D eigenvalue weighted by atomic mass is 10.1. The molecule has 0 radical (unpaired) electrons. The maximum absolute atomic E-state index is 12.9. The molecule has 1 aliphatic rings. The summed E-state index contributed by atoms with van der Waals surface area (Å²) in [7, 11) is 1.66. The number of H-pyrrole nitrogens is 1. The second-order valence-electron chi connectivity index (χ2n) is 6.88. The molecule has 144 valence electrons. The van der Waals surface area contributed by atoms with Gasteiger partial charge in [-0.2, -0.15) is 5.10 Å². The van der Waals surface area contributed by atoms with E-state index in [1.54, 1.807) is 7.11 Å². The van der Waals surface area contributed by atoms with Crippen LogP contribution in [-0.2, 0) is 11.3 Å². The number of hydrogen-bond donors (Lipinski definition) is 2. The lowest BCUT2D eigenvalue weighted by Gasteiger charge is -2.24. The maximum atomic E-state index is 12.9. The van der Waals surface area contributed by atoms with Gasteiger partial charge in [-0.05, 0) is 49.2 Å². The molecule has 1 aliphatic heterocycles. The van der Waals surface area contributed by atoms with Gasteiger partial charge in [-0.15, -0.1) is 0 Å². The van der Waals surface area contributed by atoms with E-state index < -0.39 is 0 Å². The zero-order chi connectivity index (χ0) is 19.3. The molecule has 1 fully saturated rings. The number of ether oxygens (including phenoxy) is 1. The number of likely N-dealkylation sites (tertiary alicyclic amines) is 1. The quantitative estimate of drug-likeness (QED) is 0.690. The monoisotopic (exact) mass is 377 g/mol. The van der Waals surface area contributed by atoms with Crippen molar-refractivity contribution in [3.63, 3.8) is 0 Å². The van der Waals surface area contributed by atoms with E-state index in [0.717, 1.165) is 48.5 Å². The molecule has 1 amide bonds. The normalized spacial score (nSPS) is 16.8. The standard InChI is InChI=1S/C21H23N5O2/c1-28-18-8-2-5-15(11-18)13-26-10-4-9-19(26)21(27)24-17-7-3-6-16(12-17)20-22-14-23-25-20/h2-3,5-8,11-12,14,19H,4,9-10,13H2,1H3,(H,24,27)(H,22,23,25). The fourth-order valence-electron chi connectivity index (χ4n) is 3.63. The minimum Gasteiger partial charge on any atom is -0.497 e. The van der Waals surface area contributed by atoms with E-state index in [1.807, 2.05) is 42.5 Å². The van der Waals surface area contributed by atoms with Crippen molar-refractivity contribution in [3.05, 3.63) is 60.4 Å². The van der Waals surface area contributed by atoms with Gasteiger partial charge in [0.05, 0.1) is 13.2 Å². The number of amides is 1. The average Bonchev–Trinajstić information content (AvgIpc) is 3.40. The third kappa shape index (κ3) is 4.04. The van der Waals surface area contributed by atoms with Crippen LogP contribution in [0.15, 0.2) is 54.9 Å². The Morgan fingerprint density at radius 1 is 1.29 bits per heavy atom. The zero-order valence-corrected chi connectivity index (χ0v) is 15.8. The Morgan fingerprint density at radius 3 is 3.00 bits per heavy atom. The molecular weight excluding hydrogens is 354 g/mol. The van der Waals surface area contributed by atoms with Crippen molar-refractivity contribution in [2.75, 3.05) is 19.0 Å². The highest BCUT2D eigenvalue weighted by Gasteiger charge is 2.30. The lowest BCUT2D eigenvalue weighted by Crippen LogP contribution is -2.39. The summed E-state index contributed by atoms with van der Waals surface area (Å²) in [4.78, 5) is 19.3. The van der Waals surface area contributed by atoms with Crippen LogP contribution in [-0.4, -0.2) is 45.7 Å². The Bertz CT molecular complexity index is 941. The number of aromatic nitrogens is 3. The fourth-order valence-corrected chi connectivity index (χ4v) is 3.63. The summed E-state index contributed by atoms with van der Waals surface area (Å²) in [5, 5.41) is 9.77. The van der Waals surface area contributed by atoms with Gasteiger partial charge < -0.3 is 10.1 Å². The molecule has 7 nitrogen and oxygen atoms in total. The topological polar surface area (TPSA) is 83.1 Å². The van der Waals surface area contributed by atoms with Crippen molar-refractivity contribution in [3.8, 4) is 17.1 Å². The van der Waals surface area contributed by atoms with Gasteiger partial charge in [-0.1, -0.05) is 24.3 Å². The largest absolute Gasteiger partial charge is 0.497 e. The van der Waals surface area contributed by atoms with Crippen molar-refractivity contribution in [1.29, 1.82) is 0 Å². The van der Waals surface area contributed by atoms with Crippen molar-refractivity contribution in [2.24, 2.45) is 0 Å². The van der Waals surface area contributed by atoms with Gasteiger partial charge in [0.1, 0.15) is 12.1 Å². The number of rotatable bonds is 6. The average molecular weight is 377 g/mol. The minimum atomic E-state index is -0.139. The van der Waals surface area contributed by atoms with E-state index >= 15 is 0 Å². The van der Waals surface area contributed by atoms with Crippen LogP contribution in [0.25, 0.3) is 11.4 Å². The summed E-state index contributed by atoms with van der Waals surface area (Å²) in [5.41, 5.74) is 2.79. The van der Waals surface area contributed by atoms with Gasteiger partial charge in [0.15, 0.2) is 5.82 Å². The first-order chi connectivity index (χ1) is 13.7. The molecule has 1 atom stereocenters. The zero-order valence-electron chi connectivity index (χ0n) is 15.8. The summed E-state index contributed by atoms with van der Waals surface area (Å²) in [5.74, 6) is 1.54. The second kappa shape index (κ2) is 8.22. The van der Waals surface area contributed by atoms with E-state index in [-0.39, 0.29) is 11.9 Å². The van der Waals surface area contributed by atoms with Crippen LogP contribution < -0.4 is 10.1 Å². The van der Waals surface area contributed by atoms with Crippen LogP contribution in [0.3, 0.4) is 0 Å². The first-order valence-electron chi connectivity index (χ1n) is 9.36. The Balaban J connectivity index is 1.44. The van der Waals surface area contributed by atoms with E-state index in [4.69, 9.17) is 4.74 Å². The number of benzene rings is 2. The number of carbonyl (C=O) groups is 1. The van der Waals surface area contributed by atoms with Gasteiger partial charge >= 0.3 is 0 Å². The predicted octanol–water partition coefficient (Wildman–Crippen LogP) is 3.08. The van der Waals surface area contributed by atoms with E-state index in [1.165, 1.54) is 6.33 Å². The predicted molar refractivity (Wildman–Crippen MR) is 107 cm³/mol.